The minimum atomic E-state index is -0.272. The number of nitrogens with one attached hydrogen (secondary N) is 2. The number of hydrogen-bond donors (Lipinski definition) is 2. The van der Waals surface area contributed by atoms with E-state index in [4.69, 9.17) is 0 Å². The Labute approximate surface area is 110 Å². The molecule has 3 atom stereocenters. The Kier molecular flexibility index (Phi) is 3.33. The Hall–Kier alpha value is -0.450. The monoisotopic (exact) mass is 253 g/mol. The lowest BCUT2D eigenvalue weighted by molar-refractivity contribution is -0.133. The first-order valence-corrected chi connectivity index (χ1v) is 6.92. The third kappa shape index (κ3) is 2.33. The zero-order chi connectivity index (χ0) is 13.7. The van der Waals surface area contributed by atoms with E-state index in [1.54, 1.807) is 0 Å². The average Bonchev–Trinajstić information content (AvgIpc) is 2.71. The predicted molar refractivity (Wildman–Crippen MR) is 73.1 cm³/mol. The number of ketones is 1. The molecular weight excluding hydrogens is 226 g/mol. The van der Waals surface area contributed by atoms with Crippen LogP contribution in [0.4, 0.5) is 0 Å². The Bertz CT molecular complexity index is 340. The third-order valence-electron chi connectivity index (χ3n) is 4.15. The van der Waals surface area contributed by atoms with Crippen LogP contribution in [0.25, 0.3) is 0 Å². The number of nitrogens with zero attached hydrogens (tertiary/aromatic N) is 1. The van der Waals surface area contributed by atoms with Crippen molar-refractivity contribution in [2.45, 2.75) is 59.2 Å². The molecule has 0 spiro atoms. The summed E-state index contributed by atoms with van der Waals surface area (Å²) >= 11 is 0. The number of hydrogen-bond acceptors (Lipinski definition) is 4. The van der Waals surface area contributed by atoms with Crippen LogP contribution in [0.5, 0.6) is 0 Å². The fourth-order valence-electron chi connectivity index (χ4n) is 3.10. The predicted octanol–water partition coefficient (Wildman–Crippen LogP) is 1.18. The van der Waals surface area contributed by atoms with Crippen molar-refractivity contribution in [3.63, 3.8) is 0 Å². The van der Waals surface area contributed by atoms with E-state index in [1.165, 1.54) is 0 Å². The Balaban J connectivity index is 2.29. The second-order valence-corrected chi connectivity index (χ2v) is 7.68. The molecule has 0 saturated carbocycles. The molecule has 2 N–H and O–H groups in total. The minimum absolute atomic E-state index is 0.0393. The van der Waals surface area contributed by atoms with Crippen LogP contribution in [0.3, 0.4) is 0 Å². The molecule has 104 valence electrons. The smallest absolute Gasteiger partial charge is 0.155 e. The summed E-state index contributed by atoms with van der Waals surface area (Å²) in [5.41, 5.74) is 6.28. The molecule has 0 amide bonds. The molecule has 2 aliphatic rings. The number of fused-ring (bicyclic) bond motifs is 1. The van der Waals surface area contributed by atoms with Crippen molar-refractivity contribution < 1.29 is 4.79 Å². The van der Waals surface area contributed by atoms with Gasteiger partial charge >= 0.3 is 0 Å². The van der Waals surface area contributed by atoms with E-state index >= 15 is 0 Å². The molecule has 3 unspecified atom stereocenters. The molecule has 2 saturated heterocycles. The van der Waals surface area contributed by atoms with Crippen molar-refractivity contribution in [2.24, 2.45) is 11.3 Å². The van der Waals surface area contributed by atoms with Gasteiger partial charge < -0.3 is 0 Å². The molecule has 2 rings (SSSR count). The number of hydrazine groups is 1. The lowest BCUT2D eigenvalue weighted by atomic mass is 9.80. The number of rotatable bonds is 1. The molecule has 0 aliphatic carbocycles. The van der Waals surface area contributed by atoms with Crippen molar-refractivity contribution >= 4 is 5.78 Å². The van der Waals surface area contributed by atoms with Gasteiger partial charge in [0.25, 0.3) is 0 Å². The van der Waals surface area contributed by atoms with Gasteiger partial charge in [0.1, 0.15) is 0 Å². The van der Waals surface area contributed by atoms with Crippen LogP contribution in [-0.4, -0.2) is 41.4 Å². The maximum Gasteiger partial charge on any atom is 0.155 e. The Morgan fingerprint density at radius 2 is 1.78 bits per heavy atom. The number of likely N-dealkylation sites (tertiary alicyclic amines) is 1. The van der Waals surface area contributed by atoms with Gasteiger partial charge in [-0.2, -0.15) is 0 Å². The maximum atomic E-state index is 12.8. The molecule has 4 nitrogen and oxygen atoms in total. The molecule has 0 aromatic heterocycles. The lowest BCUT2D eigenvalue weighted by Crippen LogP contribution is -2.53. The van der Waals surface area contributed by atoms with Crippen LogP contribution in [0, 0.1) is 11.3 Å². The van der Waals surface area contributed by atoms with E-state index in [0.29, 0.717) is 17.7 Å². The van der Waals surface area contributed by atoms with Gasteiger partial charge in [0.05, 0.1) is 6.04 Å². The quantitative estimate of drug-likeness (QED) is 0.736. The first kappa shape index (κ1) is 14.0. The van der Waals surface area contributed by atoms with Crippen LogP contribution in [-0.2, 0) is 4.79 Å². The molecule has 0 radical (unpaired) electrons. The van der Waals surface area contributed by atoms with E-state index in [1.807, 2.05) is 20.8 Å². The van der Waals surface area contributed by atoms with E-state index in [9.17, 15) is 4.79 Å². The lowest BCUT2D eigenvalue weighted by Gasteiger charge is -2.39. The molecule has 2 aliphatic heterocycles. The van der Waals surface area contributed by atoms with Crippen LogP contribution in [0.2, 0.25) is 0 Å². The van der Waals surface area contributed by atoms with Gasteiger partial charge in [-0.3, -0.25) is 20.5 Å². The number of Topliss-reactive ketones (excluding diaryl/α,β-unsaturated/α-hetero) is 1. The SMILES string of the molecule is CC(C)(C)C(=O)C1C2CNNC2CN1C(C)(C)C. The molecule has 0 aromatic carbocycles. The van der Waals surface area contributed by atoms with Crippen LogP contribution >= 0.6 is 0 Å². The largest absolute Gasteiger partial charge is 0.297 e. The highest BCUT2D eigenvalue weighted by Gasteiger charge is 2.52. The number of carbonyl (C=O) groups is 1. The highest BCUT2D eigenvalue weighted by Crippen LogP contribution is 2.36. The third-order valence-corrected chi connectivity index (χ3v) is 4.15. The van der Waals surface area contributed by atoms with Crippen molar-refractivity contribution in [3.8, 4) is 0 Å². The fraction of sp³-hybridized carbons (Fsp3) is 0.929. The summed E-state index contributed by atoms with van der Waals surface area (Å²) in [6.07, 6.45) is 0. The molecule has 0 aromatic rings. The maximum absolute atomic E-state index is 12.8. The summed E-state index contributed by atoms with van der Waals surface area (Å²) in [6.45, 7) is 14.5. The van der Waals surface area contributed by atoms with Crippen molar-refractivity contribution in [3.05, 3.63) is 0 Å². The van der Waals surface area contributed by atoms with Gasteiger partial charge in [0.2, 0.25) is 0 Å². The zero-order valence-electron chi connectivity index (χ0n) is 12.5. The van der Waals surface area contributed by atoms with Crippen LogP contribution < -0.4 is 10.9 Å². The van der Waals surface area contributed by atoms with E-state index < -0.39 is 0 Å². The highest BCUT2D eigenvalue weighted by atomic mass is 16.1. The van der Waals surface area contributed by atoms with Gasteiger partial charge in [-0.25, -0.2) is 0 Å². The first-order chi connectivity index (χ1) is 8.12. The van der Waals surface area contributed by atoms with Gasteiger partial charge in [-0.15, -0.1) is 0 Å². The van der Waals surface area contributed by atoms with E-state index in [0.717, 1.165) is 13.1 Å². The summed E-state index contributed by atoms with van der Waals surface area (Å²) < 4.78 is 0. The second-order valence-electron chi connectivity index (χ2n) is 7.68. The van der Waals surface area contributed by atoms with Crippen LogP contribution in [0.15, 0.2) is 0 Å². The molecule has 2 fully saturated rings. The van der Waals surface area contributed by atoms with E-state index in [-0.39, 0.29) is 17.0 Å². The second kappa shape index (κ2) is 4.29. The normalized spacial score (nSPS) is 33.8. The van der Waals surface area contributed by atoms with Gasteiger partial charge in [0, 0.05) is 36.0 Å². The van der Waals surface area contributed by atoms with Gasteiger partial charge in [0.15, 0.2) is 5.78 Å². The standard InChI is InChI=1S/C14H27N3O/c1-13(2,3)12(18)11-9-7-15-16-10(9)8-17(11)14(4,5)6/h9-11,15-16H,7-8H2,1-6H3. The highest BCUT2D eigenvalue weighted by molar-refractivity contribution is 5.89. The first-order valence-electron chi connectivity index (χ1n) is 6.92. The molecule has 2 heterocycles. The number of carbonyl (C=O) groups excluding carboxylic acids is 1. The summed E-state index contributed by atoms with van der Waals surface area (Å²) in [4.78, 5) is 15.1. The van der Waals surface area contributed by atoms with Gasteiger partial charge in [-0.05, 0) is 20.8 Å². The Morgan fingerprint density at radius 3 is 2.28 bits per heavy atom. The minimum Gasteiger partial charge on any atom is -0.297 e. The average molecular weight is 253 g/mol. The molecular formula is C14H27N3O. The Morgan fingerprint density at radius 1 is 1.17 bits per heavy atom. The van der Waals surface area contributed by atoms with E-state index in [2.05, 4.69) is 36.5 Å². The van der Waals surface area contributed by atoms with Crippen molar-refractivity contribution in [1.82, 2.24) is 15.8 Å². The summed E-state index contributed by atoms with van der Waals surface area (Å²) in [5.74, 6) is 0.770. The molecule has 18 heavy (non-hydrogen) atoms. The topological polar surface area (TPSA) is 44.4 Å². The van der Waals surface area contributed by atoms with Crippen LogP contribution in [0.1, 0.15) is 41.5 Å². The van der Waals surface area contributed by atoms with Crippen molar-refractivity contribution in [1.29, 1.82) is 0 Å². The summed E-state index contributed by atoms with van der Waals surface area (Å²) in [6, 6.07) is 0.443. The molecule has 0 bridgehead atoms. The zero-order valence-corrected chi connectivity index (χ0v) is 12.5. The molecule has 4 heteroatoms. The summed E-state index contributed by atoms with van der Waals surface area (Å²) in [7, 11) is 0. The fourth-order valence-corrected chi connectivity index (χ4v) is 3.10. The van der Waals surface area contributed by atoms with Gasteiger partial charge in [-0.1, -0.05) is 20.8 Å². The summed E-state index contributed by atoms with van der Waals surface area (Å²) in [5, 5.41) is 0. The van der Waals surface area contributed by atoms with Crippen molar-refractivity contribution in [2.75, 3.05) is 13.1 Å².